The molecule has 0 rings (SSSR count). The van der Waals surface area contributed by atoms with Gasteiger partial charge in [-0.1, -0.05) is 6.58 Å². The monoisotopic (exact) mass is 187 g/mol. The fourth-order valence-electron chi connectivity index (χ4n) is 0.820. The molecule has 0 fully saturated rings. The van der Waals surface area contributed by atoms with Crippen LogP contribution in [0.2, 0.25) is 0 Å². The molecule has 1 atom stereocenters. The summed E-state index contributed by atoms with van der Waals surface area (Å²) < 4.78 is 15.9. The van der Waals surface area contributed by atoms with Crippen LogP contribution in [0.5, 0.6) is 0 Å². The van der Waals surface area contributed by atoms with Crippen molar-refractivity contribution in [3.8, 4) is 0 Å². The molecule has 13 heavy (non-hydrogen) atoms. The molecule has 0 saturated carbocycles. The Hall–Kier alpha value is -0.540. The van der Waals surface area contributed by atoms with E-state index in [0.29, 0.717) is 13.2 Å². The average molecular weight is 187 g/mol. The first-order valence-electron chi connectivity index (χ1n) is 4.37. The highest BCUT2D eigenvalue weighted by Crippen LogP contribution is 2.14. The van der Waals surface area contributed by atoms with Gasteiger partial charge in [0.15, 0.2) is 0 Å². The lowest BCUT2D eigenvalue weighted by molar-refractivity contribution is -0.223. The molecule has 0 amide bonds. The van der Waals surface area contributed by atoms with Crippen LogP contribution in [0.25, 0.3) is 0 Å². The predicted molar refractivity (Wildman–Crippen MR) is 52.1 cm³/mol. The first-order valence-corrected chi connectivity index (χ1v) is 4.37. The third-order valence-corrected chi connectivity index (χ3v) is 1.42. The van der Waals surface area contributed by atoms with Crippen molar-refractivity contribution < 1.29 is 14.2 Å². The standard InChI is InChI=1S/C10H19O3/c1-6-12-10(5,13-7-2)8-11-9(3)4/h6,9H,1-2,7-8H2,3-5H3. The summed E-state index contributed by atoms with van der Waals surface area (Å²) in [6.45, 7) is 13.5. The summed E-state index contributed by atoms with van der Waals surface area (Å²) in [5.41, 5.74) is 0. The van der Waals surface area contributed by atoms with Crippen LogP contribution in [0, 0.1) is 6.92 Å². The second-order valence-electron chi connectivity index (χ2n) is 3.13. The van der Waals surface area contributed by atoms with E-state index in [1.807, 2.05) is 13.8 Å². The summed E-state index contributed by atoms with van der Waals surface area (Å²) in [5, 5.41) is 0. The van der Waals surface area contributed by atoms with Gasteiger partial charge in [0.1, 0.15) is 6.61 Å². The Labute approximate surface area is 80.7 Å². The first-order chi connectivity index (χ1) is 6.04. The molecule has 77 valence electrons. The highest BCUT2D eigenvalue weighted by atomic mass is 16.7. The lowest BCUT2D eigenvalue weighted by atomic mass is 10.3. The van der Waals surface area contributed by atoms with Gasteiger partial charge in [0.2, 0.25) is 5.79 Å². The fourth-order valence-corrected chi connectivity index (χ4v) is 0.820. The van der Waals surface area contributed by atoms with Crippen molar-refractivity contribution in [1.82, 2.24) is 0 Å². The summed E-state index contributed by atoms with van der Waals surface area (Å²) in [7, 11) is 0. The number of hydrogen-bond acceptors (Lipinski definition) is 3. The van der Waals surface area contributed by atoms with Gasteiger partial charge in [-0.05, 0) is 20.8 Å². The molecule has 1 unspecified atom stereocenters. The topological polar surface area (TPSA) is 27.7 Å². The molecule has 0 aromatic carbocycles. The van der Waals surface area contributed by atoms with Gasteiger partial charge in [0, 0.05) is 6.92 Å². The van der Waals surface area contributed by atoms with E-state index in [4.69, 9.17) is 14.2 Å². The lowest BCUT2D eigenvalue weighted by Crippen LogP contribution is -2.37. The molecule has 0 spiro atoms. The van der Waals surface area contributed by atoms with Gasteiger partial charge in [-0.2, -0.15) is 0 Å². The minimum atomic E-state index is -0.770. The van der Waals surface area contributed by atoms with Gasteiger partial charge in [0.25, 0.3) is 0 Å². The second kappa shape index (κ2) is 6.00. The minimum Gasteiger partial charge on any atom is -0.468 e. The molecule has 1 radical (unpaired) electrons. The van der Waals surface area contributed by atoms with Crippen molar-refractivity contribution >= 4 is 0 Å². The largest absolute Gasteiger partial charge is 0.468 e. The highest BCUT2D eigenvalue weighted by Gasteiger charge is 2.25. The van der Waals surface area contributed by atoms with Crippen LogP contribution in [0.3, 0.4) is 0 Å². The van der Waals surface area contributed by atoms with Crippen molar-refractivity contribution in [2.75, 3.05) is 13.2 Å². The number of hydrogen-bond donors (Lipinski definition) is 0. The smallest absolute Gasteiger partial charge is 0.230 e. The fraction of sp³-hybridized carbons (Fsp3) is 0.700. The Morgan fingerprint density at radius 2 is 2.08 bits per heavy atom. The normalized spacial score (nSPS) is 15.5. The minimum absolute atomic E-state index is 0.154. The van der Waals surface area contributed by atoms with Crippen molar-refractivity contribution in [2.24, 2.45) is 0 Å². The van der Waals surface area contributed by atoms with E-state index in [-0.39, 0.29) is 6.10 Å². The summed E-state index contributed by atoms with van der Waals surface area (Å²) in [6, 6.07) is 0. The van der Waals surface area contributed by atoms with Crippen molar-refractivity contribution in [3.63, 3.8) is 0 Å². The zero-order valence-corrected chi connectivity index (χ0v) is 8.71. The SMILES string of the molecule is [CH2]COC(C)(COC(C)C)OC=C. The van der Waals surface area contributed by atoms with Crippen molar-refractivity contribution in [2.45, 2.75) is 32.7 Å². The summed E-state index contributed by atoms with van der Waals surface area (Å²) in [5.74, 6) is -0.770. The van der Waals surface area contributed by atoms with Crippen LogP contribution in [0.4, 0.5) is 0 Å². The van der Waals surface area contributed by atoms with Gasteiger partial charge in [0.05, 0.1) is 19.0 Å². The van der Waals surface area contributed by atoms with Crippen molar-refractivity contribution in [3.05, 3.63) is 19.8 Å². The van der Waals surface area contributed by atoms with Crippen molar-refractivity contribution in [1.29, 1.82) is 0 Å². The van der Waals surface area contributed by atoms with E-state index in [0.717, 1.165) is 0 Å². The Bertz CT molecular complexity index is 145. The van der Waals surface area contributed by atoms with E-state index in [2.05, 4.69) is 13.5 Å². The zero-order chi connectivity index (χ0) is 10.3. The van der Waals surface area contributed by atoms with E-state index in [1.165, 1.54) is 6.26 Å². The quantitative estimate of drug-likeness (QED) is 0.451. The van der Waals surface area contributed by atoms with Gasteiger partial charge >= 0.3 is 0 Å². The molecule has 0 aromatic heterocycles. The van der Waals surface area contributed by atoms with Crippen LogP contribution in [0.15, 0.2) is 12.8 Å². The third kappa shape index (κ3) is 5.66. The molecule has 0 saturated heterocycles. The molecular weight excluding hydrogens is 168 g/mol. The van der Waals surface area contributed by atoms with Gasteiger partial charge < -0.3 is 14.2 Å². The molecule has 0 aliphatic rings. The molecule has 0 aliphatic heterocycles. The Morgan fingerprint density at radius 3 is 2.46 bits per heavy atom. The lowest BCUT2D eigenvalue weighted by Gasteiger charge is -2.28. The second-order valence-corrected chi connectivity index (χ2v) is 3.13. The summed E-state index contributed by atoms with van der Waals surface area (Å²) >= 11 is 0. The number of rotatable bonds is 7. The summed E-state index contributed by atoms with van der Waals surface area (Å²) in [4.78, 5) is 0. The molecule has 0 bridgehead atoms. The molecule has 0 heterocycles. The number of ether oxygens (including phenoxy) is 3. The molecule has 0 N–H and O–H groups in total. The highest BCUT2D eigenvalue weighted by molar-refractivity contribution is 4.67. The van der Waals surface area contributed by atoms with Crippen LogP contribution < -0.4 is 0 Å². The van der Waals surface area contributed by atoms with E-state index < -0.39 is 5.79 Å². The maximum atomic E-state index is 5.39. The Kier molecular flexibility index (Phi) is 5.75. The van der Waals surface area contributed by atoms with Crippen LogP contribution in [-0.4, -0.2) is 25.1 Å². The van der Waals surface area contributed by atoms with Crippen LogP contribution in [0.1, 0.15) is 20.8 Å². The maximum absolute atomic E-state index is 5.39. The first kappa shape index (κ1) is 12.5. The third-order valence-electron chi connectivity index (χ3n) is 1.42. The zero-order valence-electron chi connectivity index (χ0n) is 8.71. The molecule has 0 aliphatic carbocycles. The summed E-state index contributed by atoms with van der Waals surface area (Å²) in [6.07, 6.45) is 1.50. The molecular formula is C10H19O3. The van der Waals surface area contributed by atoms with Gasteiger partial charge in [-0.25, -0.2) is 0 Å². The average Bonchev–Trinajstić information content (AvgIpc) is 2.02. The maximum Gasteiger partial charge on any atom is 0.230 e. The van der Waals surface area contributed by atoms with E-state index >= 15 is 0 Å². The Morgan fingerprint density at radius 1 is 1.46 bits per heavy atom. The van der Waals surface area contributed by atoms with Gasteiger partial charge in [-0.15, -0.1) is 0 Å². The van der Waals surface area contributed by atoms with Crippen LogP contribution >= 0.6 is 0 Å². The molecule has 3 heteroatoms. The van der Waals surface area contributed by atoms with Gasteiger partial charge in [-0.3, -0.25) is 0 Å². The Balaban J connectivity index is 3.98. The molecule has 0 aromatic rings. The predicted octanol–water partition coefficient (Wildman–Crippen LogP) is 2.14. The van der Waals surface area contributed by atoms with E-state index in [9.17, 15) is 0 Å². The molecule has 3 nitrogen and oxygen atoms in total. The van der Waals surface area contributed by atoms with Crippen LogP contribution in [-0.2, 0) is 14.2 Å². The van der Waals surface area contributed by atoms with E-state index in [1.54, 1.807) is 6.92 Å².